The van der Waals surface area contributed by atoms with Crippen LogP contribution in [0.4, 0.5) is 4.79 Å². The maximum absolute atomic E-state index is 14.2. The number of carbonyl (C=O) groups excluding carboxylic acids is 5. The summed E-state index contributed by atoms with van der Waals surface area (Å²) < 4.78 is 5.72. The minimum Gasteiger partial charge on any atom is -0.446 e. The third-order valence-electron chi connectivity index (χ3n) is 10.5. The highest BCUT2D eigenvalue weighted by Gasteiger charge is 2.69. The molecule has 4 aliphatic carbocycles. The molecule has 40 heavy (non-hydrogen) atoms. The average molecular weight is 559 g/mol. The number of piperidine rings is 1. The maximum atomic E-state index is 14.2. The Hall–Kier alpha value is -2.65. The maximum Gasteiger partial charge on any atom is 0.408 e. The van der Waals surface area contributed by atoms with E-state index in [1.54, 1.807) is 4.90 Å². The van der Waals surface area contributed by atoms with E-state index in [1.165, 1.54) is 0 Å². The van der Waals surface area contributed by atoms with E-state index in [1.807, 2.05) is 0 Å². The second-order valence-corrected chi connectivity index (χ2v) is 13.8. The van der Waals surface area contributed by atoms with Crippen LogP contribution in [0.5, 0.6) is 0 Å². The van der Waals surface area contributed by atoms with E-state index in [9.17, 15) is 24.0 Å². The molecule has 0 radical (unpaired) electrons. The fourth-order valence-electron chi connectivity index (χ4n) is 7.76. The van der Waals surface area contributed by atoms with Crippen molar-refractivity contribution in [2.45, 2.75) is 116 Å². The molecule has 222 valence electrons. The second-order valence-electron chi connectivity index (χ2n) is 13.8. The summed E-state index contributed by atoms with van der Waals surface area (Å²) in [6.45, 7) is 6.76. The van der Waals surface area contributed by atoms with Crippen LogP contribution >= 0.6 is 0 Å². The Bertz CT molecular complexity index is 1040. The van der Waals surface area contributed by atoms with Crippen molar-refractivity contribution in [1.82, 2.24) is 15.5 Å². The molecule has 0 aromatic heterocycles. The van der Waals surface area contributed by atoms with E-state index in [-0.39, 0.29) is 41.1 Å². The first-order valence-corrected chi connectivity index (χ1v) is 15.4. The molecular formula is C30H46N4O6. The number of alkyl carbamates (subject to hydrolysis) is 1. The number of ether oxygens (including phenoxy) is 1. The van der Waals surface area contributed by atoms with Crippen LogP contribution in [0.25, 0.3) is 0 Å². The number of nitrogens with one attached hydrogen (secondary N) is 2. The number of nitrogens with zero attached hydrogens (tertiary/aromatic N) is 1. The Morgan fingerprint density at radius 2 is 1.68 bits per heavy atom. The minimum absolute atomic E-state index is 0.0241. The molecule has 5 fully saturated rings. The molecular weight excluding hydrogens is 512 g/mol. The van der Waals surface area contributed by atoms with Gasteiger partial charge in [0.05, 0.1) is 6.04 Å². The van der Waals surface area contributed by atoms with Gasteiger partial charge in [0.2, 0.25) is 17.6 Å². The molecule has 3 unspecified atom stereocenters. The molecule has 4 N–H and O–H groups in total. The molecule has 10 nitrogen and oxygen atoms in total. The van der Waals surface area contributed by atoms with Gasteiger partial charge in [-0.2, -0.15) is 0 Å². The third-order valence-corrected chi connectivity index (χ3v) is 10.5. The number of ketones is 1. The van der Waals surface area contributed by atoms with Crippen molar-refractivity contribution in [3.8, 4) is 0 Å². The highest BCUT2D eigenvalue weighted by Crippen LogP contribution is 2.65. The van der Waals surface area contributed by atoms with Crippen LogP contribution in [0.1, 0.15) is 91.4 Å². The summed E-state index contributed by atoms with van der Waals surface area (Å²) in [5, 5.41) is 5.73. The van der Waals surface area contributed by atoms with Crippen LogP contribution in [0.15, 0.2) is 0 Å². The number of hydrogen-bond acceptors (Lipinski definition) is 6. The van der Waals surface area contributed by atoms with E-state index in [0.29, 0.717) is 18.9 Å². The normalized spacial score (nSPS) is 32.5. The van der Waals surface area contributed by atoms with Crippen LogP contribution in [0, 0.1) is 35.0 Å². The zero-order valence-corrected chi connectivity index (χ0v) is 24.2. The van der Waals surface area contributed by atoms with Gasteiger partial charge >= 0.3 is 6.09 Å². The Kier molecular flexibility index (Phi) is 8.17. The minimum atomic E-state index is -1.06. The van der Waals surface area contributed by atoms with Crippen molar-refractivity contribution in [2.75, 3.05) is 6.54 Å². The molecule has 0 aromatic rings. The van der Waals surface area contributed by atoms with Crippen molar-refractivity contribution >= 4 is 29.6 Å². The molecule has 7 atom stereocenters. The van der Waals surface area contributed by atoms with Gasteiger partial charge in [-0.05, 0) is 73.5 Å². The van der Waals surface area contributed by atoms with Crippen molar-refractivity contribution in [3.05, 3.63) is 0 Å². The number of rotatable bonds is 10. The number of nitrogens with two attached hydrogens (primary N) is 1. The Morgan fingerprint density at radius 3 is 2.27 bits per heavy atom. The zero-order valence-electron chi connectivity index (χ0n) is 24.2. The van der Waals surface area contributed by atoms with Gasteiger partial charge in [0, 0.05) is 6.54 Å². The van der Waals surface area contributed by atoms with E-state index in [0.717, 1.165) is 64.2 Å². The van der Waals surface area contributed by atoms with Crippen LogP contribution in [0.2, 0.25) is 0 Å². The molecule has 1 saturated heterocycles. The molecule has 5 aliphatic rings. The predicted octanol–water partition coefficient (Wildman–Crippen LogP) is 2.67. The largest absolute Gasteiger partial charge is 0.446 e. The molecule has 4 amide bonds. The smallest absolute Gasteiger partial charge is 0.408 e. The standard InChI is InChI=1S/C30H46N4O6/c1-16-9-12-19(13-16)40-29(39)33-23(18-7-5-4-6-8-18)28(38)34-15-20-22(30(20,2)3)24(34)27(37)32-21(14-17-10-11-17)25(35)26(31)36/h16-24H,4-15H2,1-3H3,(H2,31,36)(H,32,37)(H,33,39)/t16?,19?,20-,21?,22-,23-,24-/m0/s1. The lowest BCUT2D eigenvalue weighted by molar-refractivity contribution is -0.144. The van der Waals surface area contributed by atoms with Gasteiger partial charge in [-0.1, -0.05) is 52.9 Å². The Morgan fingerprint density at radius 1 is 0.975 bits per heavy atom. The number of likely N-dealkylation sites (tertiary alicyclic amines) is 1. The van der Waals surface area contributed by atoms with Gasteiger partial charge in [0.15, 0.2) is 0 Å². The van der Waals surface area contributed by atoms with Crippen molar-refractivity contribution < 1.29 is 28.7 Å². The number of carbonyl (C=O) groups is 5. The van der Waals surface area contributed by atoms with Gasteiger partial charge in [0.25, 0.3) is 5.91 Å². The zero-order chi connectivity index (χ0) is 28.8. The molecule has 0 spiro atoms. The number of Topliss-reactive ketones (excluding diaryl/α,β-unsaturated/α-hetero) is 1. The van der Waals surface area contributed by atoms with Gasteiger partial charge in [-0.15, -0.1) is 0 Å². The fraction of sp³-hybridized carbons (Fsp3) is 0.833. The van der Waals surface area contributed by atoms with Gasteiger partial charge in [-0.25, -0.2) is 4.79 Å². The van der Waals surface area contributed by atoms with Crippen molar-refractivity contribution in [1.29, 1.82) is 0 Å². The molecule has 10 heteroatoms. The van der Waals surface area contributed by atoms with E-state index in [4.69, 9.17) is 10.5 Å². The predicted molar refractivity (Wildman–Crippen MR) is 147 cm³/mol. The monoisotopic (exact) mass is 558 g/mol. The van der Waals surface area contributed by atoms with Crippen LogP contribution in [0.3, 0.4) is 0 Å². The lowest BCUT2D eigenvalue weighted by atomic mass is 9.83. The lowest BCUT2D eigenvalue weighted by Gasteiger charge is -2.37. The first kappa shape index (κ1) is 28.9. The van der Waals surface area contributed by atoms with Crippen LogP contribution < -0.4 is 16.4 Å². The number of fused-ring (bicyclic) bond motifs is 1. The summed E-state index contributed by atoms with van der Waals surface area (Å²) in [6, 6.07) is -2.52. The SMILES string of the molecule is CC1CCC(OC(=O)N[C@H](C(=O)N2C[C@H]3[C@@H]([C@H]2C(=O)NC(CC2CC2)C(=O)C(N)=O)C3(C)C)C2CCCCC2)C1. The lowest BCUT2D eigenvalue weighted by Crippen LogP contribution is -2.59. The van der Waals surface area contributed by atoms with Gasteiger partial charge < -0.3 is 26.0 Å². The molecule has 5 rings (SSSR count). The second kappa shape index (κ2) is 11.3. The number of primary amides is 1. The molecule has 0 aromatic carbocycles. The Balaban J connectivity index is 1.33. The van der Waals surface area contributed by atoms with E-state index < -0.39 is 41.8 Å². The van der Waals surface area contributed by atoms with Crippen molar-refractivity contribution in [3.63, 3.8) is 0 Å². The third kappa shape index (κ3) is 6.00. The quantitative estimate of drug-likeness (QED) is 0.351. The highest BCUT2D eigenvalue weighted by atomic mass is 16.6. The molecule has 1 heterocycles. The van der Waals surface area contributed by atoms with Crippen molar-refractivity contribution in [2.24, 2.45) is 40.7 Å². The fourth-order valence-corrected chi connectivity index (χ4v) is 7.76. The summed E-state index contributed by atoms with van der Waals surface area (Å²) in [5.74, 6) is -1.67. The molecule has 4 saturated carbocycles. The van der Waals surface area contributed by atoms with E-state index in [2.05, 4.69) is 31.4 Å². The summed E-state index contributed by atoms with van der Waals surface area (Å²) in [5.41, 5.74) is 5.17. The average Bonchev–Trinajstić information content (AvgIpc) is 3.68. The molecule has 1 aliphatic heterocycles. The number of amides is 4. The first-order chi connectivity index (χ1) is 19.0. The first-order valence-electron chi connectivity index (χ1n) is 15.4. The number of hydrogen-bond donors (Lipinski definition) is 3. The topological polar surface area (TPSA) is 148 Å². The van der Waals surface area contributed by atoms with Gasteiger partial charge in [0.1, 0.15) is 18.2 Å². The summed E-state index contributed by atoms with van der Waals surface area (Å²) in [4.78, 5) is 66.9. The van der Waals surface area contributed by atoms with Crippen LogP contribution in [-0.2, 0) is 23.9 Å². The summed E-state index contributed by atoms with van der Waals surface area (Å²) in [7, 11) is 0. The molecule has 0 bridgehead atoms. The van der Waals surface area contributed by atoms with E-state index >= 15 is 0 Å². The summed E-state index contributed by atoms with van der Waals surface area (Å²) >= 11 is 0. The highest BCUT2D eigenvalue weighted by molar-refractivity contribution is 6.37. The van der Waals surface area contributed by atoms with Crippen LogP contribution in [-0.4, -0.2) is 65.3 Å². The Labute approximate surface area is 236 Å². The van der Waals surface area contributed by atoms with Gasteiger partial charge in [-0.3, -0.25) is 19.2 Å². The summed E-state index contributed by atoms with van der Waals surface area (Å²) in [6.07, 6.45) is 9.01.